The molecule has 0 saturated carbocycles. The molecule has 0 radical (unpaired) electrons. The molecular weight excluding hydrogens is 811 g/mol. The van der Waals surface area contributed by atoms with Gasteiger partial charge in [-0.3, -0.25) is 4.57 Å². The molecule has 2 aliphatic heterocycles. The van der Waals surface area contributed by atoms with Crippen LogP contribution in [0, 0.1) is 0 Å². The van der Waals surface area contributed by atoms with Gasteiger partial charge in [0, 0.05) is 72.2 Å². The Hall–Kier alpha value is -8.16. The van der Waals surface area contributed by atoms with Crippen LogP contribution in [-0.2, 0) is 19.3 Å². The van der Waals surface area contributed by atoms with Crippen molar-refractivity contribution in [1.29, 1.82) is 0 Å². The number of furan rings is 2. The van der Waals surface area contributed by atoms with Crippen LogP contribution < -0.4 is 10.2 Å². The van der Waals surface area contributed by atoms with Gasteiger partial charge in [0.25, 0.3) is 0 Å². The van der Waals surface area contributed by atoms with Gasteiger partial charge in [-0.05, 0) is 90.6 Å². The van der Waals surface area contributed by atoms with E-state index in [0.717, 1.165) is 110 Å². The second-order valence-corrected chi connectivity index (χ2v) is 18.2. The first-order chi connectivity index (χ1) is 32.7. The maximum absolute atomic E-state index is 7.00. The van der Waals surface area contributed by atoms with Crippen LogP contribution in [0.15, 0.2) is 170 Å². The van der Waals surface area contributed by atoms with Gasteiger partial charge < -0.3 is 19.1 Å². The molecule has 5 heterocycles. The molecule has 1 N–H and O–H groups in total. The van der Waals surface area contributed by atoms with E-state index < -0.39 is 6.17 Å². The van der Waals surface area contributed by atoms with E-state index in [0.29, 0.717) is 5.96 Å². The number of amidine groups is 1. The van der Waals surface area contributed by atoms with E-state index in [1.54, 1.807) is 0 Å². The molecule has 7 aromatic carbocycles. The Morgan fingerprint density at radius 2 is 1.47 bits per heavy atom. The van der Waals surface area contributed by atoms with Gasteiger partial charge in [0.05, 0.1) is 17.2 Å². The van der Waals surface area contributed by atoms with E-state index in [9.17, 15) is 0 Å². The average Bonchev–Trinajstić information content (AvgIpc) is 4.13. The third-order valence-electron chi connectivity index (χ3n) is 14.7. The summed E-state index contributed by atoms with van der Waals surface area (Å²) in [6.07, 6.45) is 15.5. The molecule has 5 aliphatic rings. The number of para-hydroxylation sites is 3. The van der Waals surface area contributed by atoms with Gasteiger partial charge >= 0.3 is 0 Å². The van der Waals surface area contributed by atoms with Crippen molar-refractivity contribution in [2.24, 2.45) is 9.98 Å². The first kappa shape index (κ1) is 36.2. The number of anilines is 2. The Labute approximate surface area is 380 Å². The van der Waals surface area contributed by atoms with E-state index in [4.69, 9.17) is 18.8 Å². The highest BCUT2D eigenvalue weighted by Crippen LogP contribution is 2.51. The van der Waals surface area contributed by atoms with Crippen molar-refractivity contribution >= 4 is 102 Å². The average molecular weight is 852 g/mol. The molecule has 314 valence electrons. The number of benzene rings is 7. The second kappa shape index (κ2) is 13.7. The van der Waals surface area contributed by atoms with Gasteiger partial charge in [-0.25, -0.2) is 4.99 Å². The molecule has 66 heavy (non-hydrogen) atoms. The van der Waals surface area contributed by atoms with Crippen LogP contribution >= 0.6 is 0 Å². The lowest BCUT2D eigenvalue weighted by atomic mass is 9.87. The smallest absolute Gasteiger partial charge is 0.234 e. The summed E-state index contributed by atoms with van der Waals surface area (Å²) in [6, 6.07) is 50.5. The number of nitrogens with zero attached hydrogens (tertiary/aromatic N) is 4. The predicted octanol–water partition coefficient (Wildman–Crippen LogP) is 13.9. The van der Waals surface area contributed by atoms with Crippen LogP contribution in [0.3, 0.4) is 0 Å². The van der Waals surface area contributed by atoms with E-state index in [1.165, 1.54) is 50.2 Å². The topological polar surface area (TPSA) is 71.2 Å². The van der Waals surface area contributed by atoms with Crippen LogP contribution in [0.5, 0.6) is 0 Å². The third kappa shape index (κ3) is 5.14. The van der Waals surface area contributed by atoms with Crippen molar-refractivity contribution in [1.82, 2.24) is 9.88 Å². The summed E-state index contributed by atoms with van der Waals surface area (Å²) in [5, 5.41) is 10.7. The fourth-order valence-electron chi connectivity index (χ4n) is 11.7. The number of aryl methyl sites for hydroxylation is 1. The number of hydrogen-bond acceptors (Lipinski definition) is 6. The number of aromatic nitrogens is 1. The minimum Gasteiger partial charge on any atom is -0.456 e. The van der Waals surface area contributed by atoms with Crippen molar-refractivity contribution < 1.29 is 8.83 Å². The van der Waals surface area contributed by atoms with Gasteiger partial charge in [-0.15, -0.1) is 0 Å². The van der Waals surface area contributed by atoms with Crippen molar-refractivity contribution in [3.05, 3.63) is 202 Å². The molecule has 0 spiro atoms. The molecule has 3 aromatic heterocycles. The summed E-state index contributed by atoms with van der Waals surface area (Å²) in [5.41, 5.74) is 16.8. The fraction of sp³-hybridized carbons (Fsp3) is 0.119. The summed E-state index contributed by atoms with van der Waals surface area (Å²) in [6.45, 7) is 0. The van der Waals surface area contributed by atoms with E-state index in [2.05, 4.69) is 185 Å². The molecule has 0 fully saturated rings. The first-order valence-corrected chi connectivity index (χ1v) is 23.2. The standard InChI is InChI=1S/C59H41N5O2/c1-2-16-36-31-51-45(30-35(36)15-1)40-20-7-9-24-48(40)63(51)52-33-54-46(43-29-28-34-14-3-4-17-37(34)55(43)66-54)32-47(52)58-60-57(44-23-13-22-42-41-21-8-12-27-53(41)65-56(42)44)61-59(62-58)64-49-25-10-5-18-38(49)39-19-6-11-26-50(39)64/h1-7,9-10,12-20,22-25,27-30,32-33,51,57H,8,11,21,26,31H2,(H,60,61,62). The molecule has 2 unspecified atom stereocenters. The van der Waals surface area contributed by atoms with Gasteiger partial charge in [0.2, 0.25) is 5.96 Å². The Balaban J connectivity index is 1.01. The Kier molecular flexibility index (Phi) is 7.50. The maximum Gasteiger partial charge on any atom is 0.234 e. The van der Waals surface area contributed by atoms with Crippen molar-refractivity contribution in [3.63, 3.8) is 0 Å². The summed E-state index contributed by atoms with van der Waals surface area (Å²) in [5.74, 6) is 2.33. The molecular formula is C59H41N5O2. The highest BCUT2D eigenvalue weighted by Gasteiger charge is 2.40. The fourth-order valence-corrected chi connectivity index (χ4v) is 11.7. The predicted molar refractivity (Wildman–Crippen MR) is 270 cm³/mol. The monoisotopic (exact) mass is 851 g/mol. The minimum atomic E-state index is -0.514. The normalized spacial score (nSPS) is 18.2. The van der Waals surface area contributed by atoms with Gasteiger partial charge in [0.15, 0.2) is 6.17 Å². The maximum atomic E-state index is 7.00. The lowest BCUT2D eigenvalue weighted by molar-refractivity contribution is 0.577. The molecule has 0 saturated heterocycles. The Bertz CT molecular complexity index is 3920. The number of allylic oxidation sites excluding steroid dienone is 2. The summed E-state index contributed by atoms with van der Waals surface area (Å²) >= 11 is 0. The van der Waals surface area contributed by atoms with Crippen LogP contribution in [0.1, 0.15) is 69.4 Å². The van der Waals surface area contributed by atoms with Crippen molar-refractivity contribution in [2.45, 2.75) is 44.3 Å². The Morgan fingerprint density at radius 3 is 2.45 bits per heavy atom. The van der Waals surface area contributed by atoms with E-state index in [-0.39, 0.29) is 6.04 Å². The summed E-state index contributed by atoms with van der Waals surface area (Å²) in [4.78, 5) is 13.9. The second-order valence-electron chi connectivity index (χ2n) is 18.2. The minimum absolute atomic E-state index is 0.0512. The van der Waals surface area contributed by atoms with Crippen LogP contribution in [0.25, 0.3) is 78.4 Å². The molecule has 3 aliphatic carbocycles. The summed E-state index contributed by atoms with van der Waals surface area (Å²) < 4.78 is 16.1. The van der Waals surface area contributed by atoms with Gasteiger partial charge in [0.1, 0.15) is 28.3 Å². The lowest BCUT2D eigenvalue weighted by Gasteiger charge is -2.33. The van der Waals surface area contributed by atoms with E-state index in [1.807, 2.05) is 0 Å². The molecule has 0 amide bonds. The molecule has 2 atom stereocenters. The van der Waals surface area contributed by atoms with Crippen LogP contribution in [0.4, 0.5) is 11.4 Å². The quantitative estimate of drug-likeness (QED) is 0.192. The number of rotatable bonds is 3. The zero-order valence-electron chi connectivity index (χ0n) is 36.0. The largest absolute Gasteiger partial charge is 0.456 e. The molecule has 0 bridgehead atoms. The number of hydrogen-bond donors (Lipinski definition) is 1. The van der Waals surface area contributed by atoms with E-state index >= 15 is 0 Å². The molecule has 7 nitrogen and oxygen atoms in total. The van der Waals surface area contributed by atoms with Gasteiger partial charge in [-0.1, -0.05) is 127 Å². The lowest BCUT2D eigenvalue weighted by Crippen LogP contribution is -2.37. The SMILES string of the molecule is C1=Cc2oc3c(C4N=C(n5c6c(c7ccccc75)C=CCC6)N=C(c5cc6c(cc5N5c7ccccc7C7=Cc8ccccc8CC75)oc5c7ccccc7ccc65)N4)cccc3c2CC1. The third-order valence-corrected chi connectivity index (χ3v) is 14.7. The van der Waals surface area contributed by atoms with Crippen molar-refractivity contribution in [3.8, 4) is 0 Å². The number of nitrogens with one attached hydrogen (secondary N) is 1. The summed E-state index contributed by atoms with van der Waals surface area (Å²) in [7, 11) is 0. The molecule has 15 rings (SSSR count). The highest BCUT2D eigenvalue weighted by atomic mass is 16.3. The number of aliphatic imine (C=N–C) groups is 2. The first-order valence-electron chi connectivity index (χ1n) is 23.2. The molecule has 10 aromatic rings. The van der Waals surface area contributed by atoms with Crippen LogP contribution in [0.2, 0.25) is 0 Å². The zero-order chi connectivity index (χ0) is 43.0. The highest BCUT2D eigenvalue weighted by molar-refractivity contribution is 6.20. The zero-order valence-corrected chi connectivity index (χ0v) is 36.0. The van der Waals surface area contributed by atoms with Crippen LogP contribution in [-0.4, -0.2) is 22.4 Å². The van der Waals surface area contributed by atoms with Crippen molar-refractivity contribution in [2.75, 3.05) is 4.90 Å². The number of fused-ring (bicyclic) bond motifs is 15. The molecule has 7 heteroatoms. The van der Waals surface area contributed by atoms with Gasteiger partial charge in [-0.2, -0.15) is 4.99 Å². The Morgan fingerprint density at radius 1 is 0.636 bits per heavy atom.